The highest BCUT2D eigenvalue weighted by atomic mass is 35.5. The molecular weight excluding hydrogens is 258 g/mol. The molecule has 1 aliphatic carbocycles. The normalized spacial score (nSPS) is 15.1. The van der Waals surface area contributed by atoms with E-state index in [1.54, 1.807) is 18.0 Å². The monoisotopic (exact) mass is 267 g/mol. The van der Waals surface area contributed by atoms with Gasteiger partial charge in [0, 0.05) is 6.20 Å². The van der Waals surface area contributed by atoms with E-state index in [0.717, 1.165) is 10.9 Å². The van der Waals surface area contributed by atoms with Crippen molar-refractivity contribution < 1.29 is 0 Å². The summed E-state index contributed by atoms with van der Waals surface area (Å²) in [6.45, 7) is 0. The molecule has 3 rings (SSSR count). The largest absolute Gasteiger partial charge is 0.248 e. The summed E-state index contributed by atoms with van der Waals surface area (Å²) in [6, 6.07) is 4.15. The van der Waals surface area contributed by atoms with E-state index in [4.69, 9.17) is 11.6 Å². The van der Waals surface area contributed by atoms with Gasteiger partial charge in [-0.15, -0.1) is 5.10 Å². The summed E-state index contributed by atoms with van der Waals surface area (Å²) in [4.78, 5) is 4.22. The van der Waals surface area contributed by atoms with E-state index in [1.807, 2.05) is 16.8 Å². The van der Waals surface area contributed by atoms with Crippen molar-refractivity contribution in [2.75, 3.05) is 0 Å². The minimum absolute atomic E-state index is 0.500. The van der Waals surface area contributed by atoms with E-state index in [-0.39, 0.29) is 0 Å². The van der Waals surface area contributed by atoms with Gasteiger partial charge in [-0.3, -0.25) is 0 Å². The van der Waals surface area contributed by atoms with Crippen LogP contribution >= 0.6 is 23.4 Å². The molecule has 0 radical (unpaired) electrons. The van der Waals surface area contributed by atoms with Crippen LogP contribution in [0, 0.1) is 0 Å². The maximum atomic E-state index is 6.04. The number of hydrogen-bond donors (Lipinski definition) is 0. The van der Waals surface area contributed by atoms with Crippen LogP contribution in [-0.2, 0) is 5.75 Å². The van der Waals surface area contributed by atoms with E-state index in [0.29, 0.717) is 16.8 Å². The van der Waals surface area contributed by atoms with Crippen molar-refractivity contribution in [3.05, 3.63) is 29.2 Å². The number of tetrazole rings is 1. The number of hydrogen-bond acceptors (Lipinski definition) is 5. The Bertz CT molecular complexity index is 525. The predicted octanol–water partition coefficient (Wildman–Crippen LogP) is 2.35. The van der Waals surface area contributed by atoms with Crippen LogP contribution in [0.4, 0.5) is 0 Å². The fraction of sp³-hybridized carbons (Fsp3) is 0.400. The van der Waals surface area contributed by atoms with Crippen LogP contribution < -0.4 is 0 Å². The third kappa shape index (κ3) is 2.42. The molecule has 2 heterocycles. The van der Waals surface area contributed by atoms with E-state index in [1.165, 1.54) is 12.8 Å². The number of nitrogens with zero attached hydrogens (tertiary/aromatic N) is 5. The van der Waals surface area contributed by atoms with Crippen molar-refractivity contribution in [3.63, 3.8) is 0 Å². The molecule has 5 nitrogen and oxygen atoms in total. The zero-order chi connectivity index (χ0) is 11.7. The van der Waals surface area contributed by atoms with Gasteiger partial charge in [-0.25, -0.2) is 9.67 Å². The first-order chi connectivity index (χ1) is 8.34. The van der Waals surface area contributed by atoms with Gasteiger partial charge < -0.3 is 0 Å². The quantitative estimate of drug-likeness (QED) is 0.796. The molecule has 1 saturated carbocycles. The first kappa shape index (κ1) is 11.0. The van der Waals surface area contributed by atoms with Crippen LogP contribution in [0.25, 0.3) is 0 Å². The molecule has 7 heteroatoms. The Morgan fingerprint density at radius 2 is 2.35 bits per heavy atom. The average Bonchev–Trinajstić information content (AvgIpc) is 3.08. The Morgan fingerprint density at radius 3 is 3.12 bits per heavy atom. The summed E-state index contributed by atoms with van der Waals surface area (Å²) in [5, 5.41) is 13.2. The molecule has 88 valence electrons. The molecule has 0 amide bonds. The number of pyridine rings is 1. The Labute approximate surface area is 108 Å². The topological polar surface area (TPSA) is 56.5 Å². The first-order valence-electron chi connectivity index (χ1n) is 5.34. The Balaban J connectivity index is 1.71. The second-order valence-electron chi connectivity index (χ2n) is 3.85. The van der Waals surface area contributed by atoms with E-state index in [2.05, 4.69) is 20.5 Å². The van der Waals surface area contributed by atoms with Gasteiger partial charge in [0.05, 0.1) is 16.8 Å². The maximum Gasteiger partial charge on any atom is 0.161 e. The van der Waals surface area contributed by atoms with Gasteiger partial charge in [-0.1, -0.05) is 23.4 Å². The highest BCUT2D eigenvalue weighted by Gasteiger charge is 2.27. The molecule has 0 bridgehead atoms. The van der Waals surface area contributed by atoms with Crippen LogP contribution in [0.2, 0.25) is 5.02 Å². The second kappa shape index (κ2) is 4.62. The van der Waals surface area contributed by atoms with Crippen molar-refractivity contribution >= 4 is 23.4 Å². The SMILES string of the molecule is Clc1cccnc1SCc1nnnn1C1CC1. The lowest BCUT2D eigenvalue weighted by molar-refractivity contribution is 0.593. The summed E-state index contributed by atoms with van der Waals surface area (Å²) in [6.07, 6.45) is 4.08. The lowest BCUT2D eigenvalue weighted by atomic mass is 10.5. The van der Waals surface area contributed by atoms with E-state index < -0.39 is 0 Å². The van der Waals surface area contributed by atoms with E-state index in [9.17, 15) is 0 Å². The van der Waals surface area contributed by atoms with Gasteiger partial charge in [0.25, 0.3) is 0 Å². The molecule has 2 aromatic heterocycles. The summed E-state index contributed by atoms with van der Waals surface area (Å²) < 4.78 is 1.91. The predicted molar refractivity (Wildman–Crippen MR) is 64.9 cm³/mol. The lowest BCUT2D eigenvalue weighted by Crippen LogP contribution is -2.02. The van der Waals surface area contributed by atoms with Gasteiger partial charge in [0.1, 0.15) is 5.03 Å². The minimum atomic E-state index is 0.500. The molecular formula is C10H10ClN5S. The standard InChI is InChI=1S/C10H10ClN5S/c11-8-2-1-5-12-10(8)17-6-9-13-14-15-16(9)7-3-4-7/h1-2,5,7H,3-4,6H2. The van der Waals surface area contributed by atoms with Gasteiger partial charge in [0.2, 0.25) is 0 Å². The zero-order valence-electron chi connectivity index (χ0n) is 8.95. The molecule has 2 aromatic rings. The van der Waals surface area contributed by atoms with Gasteiger partial charge in [-0.2, -0.15) is 0 Å². The lowest BCUT2D eigenvalue weighted by Gasteiger charge is -2.03. The smallest absolute Gasteiger partial charge is 0.161 e. The fourth-order valence-corrected chi connectivity index (χ4v) is 2.60. The summed E-state index contributed by atoms with van der Waals surface area (Å²) in [5.41, 5.74) is 0. The van der Waals surface area contributed by atoms with Crippen LogP contribution in [0.5, 0.6) is 0 Å². The van der Waals surface area contributed by atoms with E-state index >= 15 is 0 Å². The molecule has 0 spiro atoms. The molecule has 0 aliphatic heterocycles. The summed E-state index contributed by atoms with van der Waals surface area (Å²) in [7, 11) is 0. The molecule has 0 saturated heterocycles. The third-order valence-corrected chi connectivity index (χ3v) is 3.93. The molecule has 0 N–H and O–H groups in total. The number of aromatic nitrogens is 5. The highest BCUT2D eigenvalue weighted by molar-refractivity contribution is 7.98. The number of halogens is 1. The Hall–Kier alpha value is -1.14. The van der Waals surface area contributed by atoms with Crippen molar-refractivity contribution in [3.8, 4) is 0 Å². The molecule has 1 fully saturated rings. The average molecular weight is 268 g/mol. The second-order valence-corrected chi connectivity index (χ2v) is 5.22. The van der Waals surface area contributed by atoms with Crippen LogP contribution in [0.3, 0.4) is 0 Å². The number of thioether (sulfide) groups is 1. The van der Waals surface area contributed by atoms with Gasteiger partial charge in [-0.05, 0) is 35.4 Å². The fourth-order valence-electron chi connectivity index (χ4n) is 1.52. The van der Waals surface area contributed by atoms with Crippen LogP contribution in [0.15, 0.2) is 23.4 Å². The Kier molecular flexibility index (Phi) is 2.98. The summed E-state index contributed by atoms with van der Waals surface area (Å²) >= 11 is 7.60. The van der Waals surface area contributed by atoms with Crippen LogP contribution in [0.1, 0.15) is 24.7 Å². The highest BCUT2D eigenvalue weighted by Crippen LogP contribution is 2.35. The summed E-state index contributed by atoms with van der Waals surface area (Å²) in [5.74, 6) is 1.58. The molecule has 17 heavy (non-hydrogen) atoms. The zero-order valence-corrected chi connectivity index (χ0v) is 10.5. The Morgan fingerprint density at radius 1 is 1.47 bits per heavy atom. The van der Waals surface area contributed by atoms with Crippen molar-refractivity contribution in [1.29, 1.82) is 0 Å². The first-order valence-corrected chi connectivity index (χ1v) is 6.71. The molecule has 0 aromatic carbocycles. The van der Waals surface area contributed by atoms with Crippen LogP contribution in [-0.4, -0.2) is 25.2 Å². The van der Waals surface area contributed by atoms with Gasteiger partial charge >= 0.3 is 0 Å². The van der Waals surface area contributed by atoms with Crippen molar-refractivity contribution in [2.45, 2.75) is 29.7 Å². The molecule has 0 unspecified atom stereocenters. The van der Waals surface area contributed by atoms with Crippen molar-refractivity contribution in [2.24, 2.45) is 0 Å². The van der Waals surface area contributed by atoms with Gasteiger partial charge in [0.15, 0.2) is 5.82 Å². The molecule has 0 atom stereocenters. The molecule has 1 aliphatic rings. The third-order valence-electron chi connectivity index (χ3n) is 2.52. The van der Waals surface area contributed by atoms with Crippen molar-refractivity contribution in [1.82, 2.24) is 25.2 Å². The maximum absolute atomic E-state index is 6.04. The minimum Gasteiger partial charge on any atom is -0.248 e. The number of rotatable bonds is 4.